The Hall–Kier alpha value is -1.05. The van der Waals surface area contributed by atoms with E-state index in [0.717, 1.165) is 12.0 Å². The van der Waals surface area contributed by atoms with Gasteiger partial charge in [-0.25, -0.2) is 0 Å². The zero-order valence-electron chi connectivity index (χ0n) is 5.80. The van der Waals surface area contributed by atoms with Crippen LogP contribution in [0.2, 0.25) is 0 Å². The smallest absolute Gasteiger partial charge is 0.307 e. The van der Waals surface area contributed by atoms with E-state index in [1.54, 1.807) is 6.08 Å². The first-order chi connectivity index (χ1) is 4.74. The molecule has 0 aliphatic carbocycles. The lowest BCUT2D eigenvalue weighted by atomic mass is 10.0. The highest BCUT2D eigenvalue weighted by Crippen LogP contribution is 2.19. The molecular formula is C8H10O2. The van der Waals surface area contributed by atoms with Crippen LogP contribution in [-0.2, 0) is 9.53 Å². The minimum absolute atomic E-state index is 0.155. The molecule has 0 bridgehead atoms. The normalized spacial score (nSPS) is 25.8. The summed E-state index contributed by atoms with van der Waals surface area (Å²) in [4.78, 5) is 10.7. The summed E-state index contributed by atoms with van der Waals surface area (Å²) in [6, 6.07) is 0. The molecule has 0 aromatic rings. The lowest BCUT2D eigenvalue weighted by Gasteiger charge is -2.21. The maximum atomic E-state index is 10.7. The molecule has 1 atom stereocenters. The van der Waals surface area contributed by atoms with Crippen molar-refractivity contribution < 1.29 is 9.53 Å². The fourth-order valence-electron chi connectivity index (χ4n) is 0.904. The number of rotatable bonds is 1. The molecule has 1 saturated heterocycles. The summed E-state index contributed by atoms with van der Waals surface area (Å²) in [5, 5.41) is 0. The summed E-state index contributed by atoms with van der Waals surface area (Å²) in [5.41, 5.74) is 0.939. The van der Waals surface area contributed by atoms with E-state index in [9.17, 15) is 4.79 Å². The third-order valence-corrected chi connectivity index (χ3v) is 1.53. The third-order valence-electron chi connectivity index (χ3n) is 1.53. The Labute approximate surface area is 60.2 Å². The van der Waals surface area contributed by atoms with Crippen LogP contribution >= 0.6 is 0 Å². The number of hydrogen-bond donors (Lipinski definition) is 0. The zero-order valence-corrected chi connectivity index (χ0v) is 5.80. The molecule has 54 valence electrons. The molecule has 0 radical (unpaired) electrons. The molecule has 0 saturated carbocycles. The fraction of sp³-hybridized carbons (Fsp3) is 0.375. The van der Waals surface area contributed by atoms with E-state index >= 15 is 0 Å². The largest absolute Gasteiger partial charge is 0.454 e. The monoisotopic (exact) mass is 138 g/mol. The molecule has 1 unspecified atom stereocenters. The van der Waals surface area contributed by atoms with Crippen molar-refractivity contribution in [3.8, 4) is 0 Å². The molecule has 10 heavy (non-hydrogen) atoms. The molecule has 0 aromatic carbocycles. The second-order valence-electron chi connectivity index (χ2n) is 2.30. The van der Waals surface area contributed by atoms with Crippen LogP contribution in [0.4, 0.5) is 0 Å². The molecule has 2 nitrogen and oxygen atoms in total. The summed E-state index contributed by atoms with van der Waals surface area (Å²) in [5.74, 6) is -0.155. The Morgan fingerprint density at radius 3 is 2.80 bits per heavy atom. The van der Waals surface area contributed by atoms with Crippen LogP contribution in [0.15, 0.2) is 24.8 Å². The molecule has 1 aliphatic heterocycles. The first kappa shape index (κ1) is 7.06. The van der Waals surface area contributed by atoms with Gasteiger partial charge in [-0.3, -0.25) is 4.79 Å². The van der Waals surface area contributed by atoms with Gasteiger partial charge in [0.25, 0.3) is 0 Å². The highest BCUT2D eigenvalue weighted by atomic mass is 16.5. The van der Waals surface area contributed by atoms with Crippen molar-refractivity contribution in [2.75, 3.05) is 0 Å². The quantitative estimate of drug-likeness (QED) is 0.404. The minimum Gasteiger partial charge on any atom is -0.454 e. The highest BCUT2D eigenvalue weighted by molar-refractivity contribution is 5.71. The average Bonchev–Trinajstić information content (AvgIpc) is 1.94. The molecule has 0 aromatic heterocycles. The maximum absolute atomic E-state index is 10.7. The van der Waals surface area contributed by atoms with Gasteiger partial charge in [-0.1, -0.05) is 13.2 Å². The standard InChI is InChI=1S/C8H10O2/c1-3-7-6(2)4-5-8(9)10-7/h3,7H,1-2,4-5H2. The number of carbonyl (C=O) groups is 1. The van der Waals surface area contributed by atoms with Gasteiger partial charge in [-0.2, -0.15) is 0 Å². The third kappa shape index (κ3) is 1.26. The van der Waals surface area contributed by atoms with Gasteiger partial charge in [0.15, 0.2) is 0 Å². The van der Waals surface area contributed by atoms with Gasteiger partial charge >= 0.3 is 5.97 Å². The first-order valence-corrected chi connectivity index (χ1v) is 3.23. The summed E-state index contributed by atoms with van der Waals surface area (Å²) in [7, 11) is 0. The van der Waals surface area contributed by atoms with E-state index in [1.807, 2.05) is 0 Å². The molecule has 1 rings (SSSR count). The van der Waals surface area contributed by atoms with Crippen molar-refractivity contribution in [2.24, 2.45) is 0 Å². The molecule has 2 heteroatoms. The van der Waals surface area contributed by atoms with Crippen LogP contribution in [-0.4, -0.2) is 12.1 Å². The Kier molecular flexibility index (Phi) is 1.90. The molecule has 0 spiro atoms. The molecule has 0 N–H and O–H groups in total. The van der Waals surface area contributed by atoms with Gasteiger partial charge < -0.3 is 4.74 Å². The van der Waals surface area contributed by atoms with E-state index in [4.69, 9.17) is 4.74 Å². The van der Waals surface area contributed by atoms with Crippen LogP contribution < -0.4 is 0 Å². The van der Waals surface area contributed by atoms with Gasteiger partial charge in [-0.05, 0) is 18.1 Å². The topological polar surface area (TPSA) is 26.3 Å². The van der Waals surface area contributed by atoms with Crippen molar-refractivity contribution >= 4 is 5.97 Å². The SMILES string of the molecule is C=CC1OC(=O)CCC1=C. The van der Waals surface area contributed by atoms with Crippen molar-refractivity contribution in [3.63, 3.8) is 0 Å². The van der Waals surface area contributed by atoms with Crippen LogP contribution in [0.1, 0.15) is 12.8 Å². The Morgan fingerprint density at radius 1 is 1.60 bits per heavy atom. The fourth-order valence-corrected chi connectivity index (χ4v) is 0.904. The van der Waals surface area contributed by atoms with E-state index in [1.165, 1.54) is 0 Å². The zero-order chi connectivity index (χ0) is 7.56. The number of carbonyl (C=O) groups excluding carboxylic acids is 1. The van der Waals surface area contributed by atoms with Gasteiger partial charge in [0, 0.05) is 6.42 Å². The van der Waals surface area contributed by atoms with Gasteiger partial charge in [0.05, 0.1) is 0 Å². The lowest BCUT2D eigenvalue weighted by molar-refractivity contribution is -0.147. The van der Waals surface area contributed by atoms with Gasteiger partial charge in [0.1, 0.15) is 6.10 Å². The molecular weight excluding hydrogens is 128 g/mol. The van der Waals surface area contributed by atoms with Crippen LogP contribution in [0.3, 0.4) is 0 Å². The number of ether oxygens (including phenoxy) is 1. The summed E-state index contributed by atoms with van der Waals surface area (Å²) in [6.07, 6.45) is 2.54. The van der Waals surface area contributed by atoms with Crippen LogP contribution in [0.5, 0.6) is 0 Å². The van der Waals surface area contributed by atoms with Crippen LogP contribution in [0.25, 0.3) is 0 Å². The van der Waals surface area contributed by atoms with E-state index in [0.29, 0.717) is 6.42 Å². The summed E-state index contributed by atoms with van der Waals surface area (Å²) in [6.45, 7) is 7.28. The summed E-state index contributed by atoms with van der Waals surface area (Å²) >= 11 is 0. The highest BCUT2D eigenvalue weighted by Gasteiger charge is 2.20. The van der Waals surface area contributed by atoms with Crippen LogP contribution in [0, 0.1) is 0 Å². The minimum atomic E-state index is -0.249. The van der Waals surface area contributed by atoms with Crippen molar-refractivity contribution in [2.45, 2.75) is 18.9 Å². The number of esters is 1. The van der Waals surface area contributed by atoms with Crippen molar-refractivity contribution in [3.05, 3.63) is 24.8 Å². The Balaban J connectivity index is 2.62. The van der Waals surface area contributed by atoms with Gasteiger partial charge in [-0.15, -0.1) is 0 Å². The molecule has 1 aliphatic rings. The first-order valence-electron chi connectivity index (χ1n) is 3.23. The van der Waals surface area contributed by atoms with Crippen molar-refractivity contribution in [1.82, 2.24) is 0 Å². The van der Waals surface area contributed by atoms with Crippen molar-refractivity contribution in [1.29, 1.82) is 0 Å². The number of cyclic esters (lactones) is 1. The number of hydrogen-bond acceptors (Lipinski definition) is 2. The molecule has 1 fully saturated rings. The van der Waals surface area contributed by atoms with E-state index in [-0.39, 0.29) is 12.1 Å². The predicted octanol–water partition coefficient (Wildman–Crippen LogP) is 1.43. The Bertz CT molecular complexity index is 182. The predicted molar refractivity (Wildman–Crippen MR) is 38.5 cm³/mol. The maximum Gasteiger partial charge on any atom is 0.307 e. The van der Waals surface area contributed by atoms with E-state index < -0.39 is 0 Å². The molecule has 1 heterocycles. The summed E-state index contributed by atoms with van der Waals surface area (Å²) < 4.78 is 4.89. The Morgan fingerprint density at radius 2 is 2.30 bits per heavy atom. The average molecular weight is 138 g/mol. The second-order valence-corrected chi connectivity index (χ2v) is 2.30. The molecule has 0 amide bonds. The van der Waals surface area contributed by atoms with Gasteiger partial charge in [0.2, 0.25) is 0 Å². The van der Waals surface area contributed by atoms with E-state index in [2.05, 4.69) is 13.2 Å². The lowest BCUT2D eigenvalue weighted by Crippen LogP contribution is -2.23. The second kappa shape index (κ2) is 2.69.